The fraction of sp³-hybridized carbons (Fsp3) is 0.478. The van der Waals surface area contributed by atoms with Crippen molar-refractivity contribution in [2.75, 3.05) is 17.7 Å². The smallest absolute Gasteiger partial charge is 0.274 e. The molecule has 2 atom stereocenters. The Morgan fingerprint density at radius 1 is 1.35 bits per heavy atom. The summed E-state index contributed by atoms with van der Waals surface area (Å²) in [4.78, 5) is 30.5. The summed E-state index contributed by atoms with van der Waals surface area (Å²) in [6.07, 6.45) is 5.07. The number of pyridine rings is 1. The number of nitrogens with zero attached hydrogens (tertiary/aromatic N) is 4. The third-order valence-electron chi connectivity index (χ3n) is 6.89. The average molecular weight is 470 g/mol. The van der Waals surface area contributed by atoms with Crippen LogP contribution < -0.4 is 21.5 Å². The van der Waals surface area contributed by atoms with Crippen LogP contribution in [-0.2, 0) is 0 Å². The van der Waals surface area contributed by atoms with Crippen LogP contribution in [0.15, 0.2) is 35.4 Å². The number of fused-ring (bicyclic) bond motifs is 1. The van der Waals surface area contributed by atoms with Crippen molar-refractivity contribution < 1.29 is 14.3 Å². The van der Waals surface area contributed by atoms with Gasteiger partial charge < -0.3 is 25.6 Å². The topological polar surface area (TPSA) is 126 Å². The first-order valence-electron chi connectivity index (χ1n) is 11.5. The maximum atomic E-state index is 13.3. The van der Waals surface area contributed by atoms with E-state index < -0.39 is 11.8 Å². The molecule has 0 aromatic carbocycles. The third kappa shape index (κ3) is 3.89. The van der Waals surface area contributed by atoms with Crippen LogP contribution in [0.5, 0.6) is 0 Å². The summed E-state index contributed by atoms with van der Waals surface area (Å²) in [5, 5.41) is 23.8. The second-order valence-corrected chi connectivity index (χ2v) is 9.33. The van der Waals surface area contributed by atoms with Gasteiger partial charge in [0.05, 0.1) is 17.8 Å². The van der Waals surface area contributed by atoms with Crippen LogP contribution in [0, 0.1) is 0 Å². The van der Waals surface area contributed by atoms with E-state index in [9.17, 15) is 19.1 Å². The van der Waals surface area contributed by atoms with Gasteiger partial charge in [0.2, 0.25) is 0 Å². The van der Waals surface area contributed by atoms with E-state index in [0.29, 0.717) is 48.7 Å². The van der Waals surface area contributed by atoms with E-state index in [4.69, 9.17) is 0 Å². The maximum Gasteiger partial charge on any atom is 0.274 e. The van der Waals surface area contributed by atoms with Gasteiger partial charge in [0.15, 0.2) is 5.65 Å². The van der Waals surface area contributed by atoms with Gasteiger partial charge in [-0.3, -0.25) is 9.59 Å². The Balaban J connectivity index is 1.46. The number of halogens is 1. The Morgan fingerprint density at radius 3 is 2.82 bits per heavy atom. The number of amides is 1. The quantitative estimate of drug-likeness (QED) is 0.437. The van der Waals surface area contributed by atoms with Crippen molar-refractivity contribution in [2.45, 2.75) is 62.9 Å². The number of nitrogens with one attached hydrogen (secondary N) is 3. The highest BCUT2D eigenvalue weighted by Crippen LogP contribution is 2.34. The number of carbonyl (C=O) groups excluding carboxylic acids is 1. The number of rotatable bonds is 6. The largest absolute Gasteiger partial charge is 0.388 e. The normalized spacial score (nSPS) is 26.3. The molecule has 4 N–H and O–H groups in total. The minimum Gasteiger partial charge on any atom is -0.388 e. The highest BCUT2D eigenvalue weighted by molar-refractivity contribution is 6.00. The van der Waals surface area contributed by atoms with E-state index in [-0.39, 0.29) is 29.1 Å². The number of aromatic nitrogens is 4. The molecule has 0 unspecified atom stereocenters. The molecule has 0 spiro atoms. The summed E-state index contributed by atoms with van der Waals surface area (Å²) in [6.45, 7) is 1.73. The minimum absolute atomic E-state index is 0.148. The highest BCUT2D eigenvalue weighted by atomic mass is 19.1. The van der Waals surface area contributed by atoms with E-state index in [2.05, 4.69) is 26.0 Å². The molecule has 34 heavy (non-hydrogen) atoms. The minimum atomic E-state index is -0.954. The van der Waals surface area contributed by atoms with Crippen molar-refractivity contribution in [3.63, 3.8) is 0 Å². The molecule has 11 heteroatoms. The maximum absolute atomic E-state index is 13.3. The van der Waals surface area contributed by atoms with Crippen LogP contribution in [0.25, 0.3) is 5.65 Å². The monoisotopic (exact) mass is 469 g/mol. The number of hydrogen-bond acceptors (Lipinski definition) is 7. The number of hydrogen-bond donors (Lipinski definition) is 4. The van der Waals surface area contributed by atoms with Crippen molar-refractivity contribution >= 4 is 28.9 Å². The second kappa shape index (κ2) is 8.39. The lowest BCUT2D eigenvalue weighted by Crippen LogP contribution is -2.47. The number of alkyl halides is 1. The summed E-state index contributed by atoms with van der Waals surface area (Å²) in [5.74, 6) is 0.544. The molecule has 3 aromatic heterocycles. The molecule has 2 saturated carbocycles. The summed E-state index contributed by atoms with van der Waals surface area (Å²) >= 11 is 0. The van der Waals surface area contributed by atoms with Gasteiger partial charge >= 0.3 is 0 Å². The van der Waals surface area contributed by atoms with Gasteiger partial charge in [-0.15, -0.1) is 0 Å². The first-order valence-corrected chi connectivity index (χ1v) is 11.5. The standard InChI is InChI=1S/C23H28FN7O3/c1-23(34)7-3-6-17(23)28-21(32)15-12-26-31-19(25-2)11-18(29-20(15)31)27-16-5-4-8-30(22(16)33)14-9-13(24)10-14/h4-5,8,11-14,17,25,34H,3,6-7,9-10H2,1-2H3,(H,27,29)(H,28,32)/t13-,14-,17-,23-/m0/s1. The van der Waals surface area contributed by atoms with Gasteiger partial charge in [-0.2, -0.15) is 9.61 Å². The molecule has 2 fully saturated rings. The van der Waals surface area contributed by atoms with Crippen molar-refractivity contribution in [1.82, 2.24) is 24.5 Å². The molecule has 2 aliphatic rings. The Kier molecular flexibility index (Phi) is 5.51. The molecule has 10 nitrogen and oxygen atoms in total. The van der Waals surface area contributed by atoms with Gasteiger partial charge in [0.1, 0.15) is 29.1 Å². The molecule has 3 heterocycles. The van der Waals surface area contributed by atoms with Gasteiger partial charge in [-0.25, -0.2) is 9.37 Å². The summed E-state index contributed by atoms with van der Waals surface area (Å²) < 4.78 is 16.4. The predicted molar refractivity (Wildman–Crippen MR) is 125 cm³/mol. The van der Waals surface area contributed by atoms with Gasteiger partial charge in [0, 0.05) is 25.4 Å². The highest BCUT2D eigenvalue weighted by Gasteiger charge is 2.38. The molecular formula is C23H28FN7O3. The Morgan fingerprint density at radius 2 is 2.15 bits per heavy atom. The molecule has 2 aliphatic carbocycles. The van der Waals surface area contributed by atoms with E-state index in [0.717, 1.165) is 6.42 Å². The van der Waals surface area contributed by atoms with E-state index in [1.54, 1.807) is 42.9 Å². The lowest BCUT2D eigenvalue weighted by molar-refractivity contribution is 0.0368. The van der Waals surface area contributed by atoms with Gasteiger partial charge in [0.25, 0.3) is 11.5 Å². The molecule has 180 valence electrons. The molecule has 3 aromatic rings. The van der Waals surface area contributed by atoms with Crippen LogP contribution in [-0.4, -0.2) is 55.0 Å². The molecule has 0 saturated heterocycles. The molecule has 0 bridgehead atoms. The van der Waals surface area contributed by atoms with Crippen LogP contribution in [0.3, 0.4) is 0 Å². The van der Waals surface area contributed by atoms with Crippen molar-refractivity contribution in [3.8, 4) is 0 Å². The SMILES string of the molecule is CNc1cc(Nc2cccn([C@H]3C[C@H](F)C3)c2=O)nc2c(C(=O)N[C@H]3CCC[C@]3(C)O)cnn12. The van der Waals surface area contributed by atoms with Crippen LogP contribution >= 0.6 is 0 Å². The second-order valence-electron chi connectivity index (χ2n) is 9.33. The Labute approximate surface area is 195 Å². The molecule has 0 aliphatic heterocycles. The van der Waals surface area contributed by atoms with E-state index in [1.807, 2.05) is 0 Å². The summed E-state index contributed by atoms with van der Waals surface area (Å²) in [6, 6.07) is 4.56. The Hall–Kier alpha value is -3.47. The number of aliphatic hydroxyl groups is 1. The molecule has 5 rings (SSSR count). The fourth-order valence-electron chi connectivity index (χ4n) is 4.76. The van der Waals surface area contributed by atoms with E-state index in [1.165, 1.54) is 10.7 Å². The van der Waals surface area contributed by atoms with Crippen LogP contribution in [0.2, 0.25) is 0 Å². The van der Waals surface area contributed by atoms with E-state index >= 15 is 0 Å². The van der Waals surface area contributed by atoms with Crippen LogP contribution in [0.4, 0.5) is 21.7 Å². The first kappa shape index (κ1) is 22.3. The summed E-state index contributed by atoms with van der Waals surface area (Å²) in [5.41, 5.74) is -0.347. The zero-order chi connectivity index (χ0) is 24.0. The molecular weight excluding hydrogens is 441 g/mol. The van der Waals surface area contributed by atoms with Crippen molar-refractivity contribution in [1.29, 1.82) is 0 Å². The molecule has 1 amide bonds. The number of anilines is 3. The fourth-order valence-corrected chi connectivity index (χ4v) is 4.76. The molecule has 0 radical (unpaired) electrons. The van der Waals surface area contributed by atoms with Crippen molar-refractivity contribution in [3.05, 3.63) is 46.5 Å². The lowest BCUT2D eigenvalue weighted by atomic mass is 9.90. The van der Waals surface area contributed by atoms with Crippen LogP contribution in [0.1, 0.15) is 55.4 Å². The Bertz CT molecular complexity index is 1300. The first-order chi connectivity index (χ1) is 16.3. The zero-order valence-corrected chi connectivity index (χ0v) is 19.1. The van der Waals surface area contributed by atoms with Gasteiger partial charge in [-0.05, 0) is 51.2 Å². The summed E-state index contributed by atoms with van der Waals surface area (Å²) in [7, 11) is 1.72. The average Bonchev–Trinajstić information content (AvgIpc) is 3.35. The van der Waals surface area contributed by atoms with Gasteiger partial charge in [-0.1, -0.05) is 0 Å². The van der Waals surface area contributed by atoms with Crippen molar-refractivity contribution in [2.24, 2.45) is 0 Å². The predicted octanol–water partition coefficient (Wildman–Crippen LogP) is 2.38. The third-order valence-corrected chi connectivity index (χ3v) is 6.89. The lowest BCUT2D eigenvalue weighted by Gasteiger charge is -2.31. The zero-order valence-electron chi connectivity index (χ0n) is 19.1. The number of carbonyl (C=O) groups is 1.